The average Bonchev–Trinajstić information content (AvgIpc) is 3.20. The number of carbonyl (C=O) groups is 1. The highest BCUT2D eigenvalue weighted by Crippen LogP contribution is 2.29. The molecular weight excluding hydrogens is 400 g/mol. The van der Waals surface area contributed by atoms with Gasteiger partial charge in [0.05, 0.1) is 30.8 Å². The Hall–Kier alpha value is -2.86. The summed E-state index contributed by atoms with van der Waals surface area (Å²) in [5.74, 6) is 1.43. The number of amides is 1. The largest absolute Gasteiger partial charge is 0.378 e. The second-order valence-electron chi connectivity index (χ2n) is 9.12. The predicted molar refractivity (Wildman–Crippen MR) is 127 cm³/mol. The van der Waals surface area contributed by atoms with Gasteiger partial charge in [0.2, 0.25) is 11.9 Å². The van der Waals surface area contributed by atoms with Gasteiger partial charge in [0, 0.05) is 32.1 Å². The Morgan fingerprint density at radius 3 is 2.56 bits per heavy atom. The van der Waals surface area contributed by atoms with Gasteiger partial charge in [-0.15, -0.1) is 0 Å². The Balaban J connectivity index is 1.38. The summed E-state index contributed by atoms with van der Waals surface area (Å²) >= 11 is 0. The Kier molecular flexibility index (Phi) is 5.87. The molecule has 2 fully saturated rings. The number of carbonyl (C=O) groups excluding carboxylic acids is 1. The molecule has 3 aromatic rings. The minimum absolute atomic E-state index is 0.112. The van der Waals surface area contributed by atoms with Gasteiger partial charge in [-0.05, 0) is 49.9 Å². The van der Waals surface area contributed by atoms with E-state index in [1.54, 1.807) is 0 Å². The summed E-state index contributed by atoms with van der Waals surface area (Å²) in [6.07, 6.45) is 1.76. The van der Waals surface area contributed by atoms with E-state index in [0.29, 0.717) is 19.1 Å². The zero-order valence-electron chi connectivity index (χ0n) is 19.1. The van der Waals surface area contributed by atoms with Crippen LogP contribution in [0.3, 0.4) is 0 Å². The van der Waals surface area contributed by atoms with Crippen molar-refractivity contribution in [2.75, 3.05) is 44.3 Å². The van der Waals surface area contributed by atoms with E-state index in [9.17, 15) is 4.79 Å². The van der Waals surface area contributed by atoms with Crippen molar-refractivity contribution >= 4 is 22.9 Å². The van der Waals surface area contributed by atoms with E-state index in [2.05, 4.69) is 65.8 Å². The fourth-order valence-electron chi connectivity index (χ4n) is 4.97. The zero-order valence-corrected chi connectivity index (χ0v) is 19.1. The number of aromatic nitrogens is 2. The molecule has 2 aliphatic rings. The van der Waals surface area contributed by atoms with Gasteiger partial charge in [-0.3, -0.25) is 4.79 Å². The molecule has 0 aliphatic carbocycles. The highest BCUT2D eigenvalue weighted by molar-refractivity contribution is 5.80. The van der Waals surface area contributed by atoms with Crippen molar-refractivity contribution in [2.45, 2.75) is 33.2 Å². The third-order valence-corrected chi connectivity index (χ3v) is 6.92. The number of nitrogens with zero attached hydrogens (tertiary/aromatic N) is 4. The number of aryl methyl sites for hydroxylation is 2. The lowest BCUT2D eigenvalue weighted by Crippen LogP contribution is -2.47. The van der Waals surface area contributed by atoms with Gasteiger partial charge in [0.15, 0.2) is 0 Å². The quantitative estimate of drug-likeness (QED) is 0.630. The molecule has 0 saturated carbocycles. The number of hydrogen-bond acceptors (Lipinski definition) is 4. The molecule has 0 bridgehead atoms. The van der Waals surface area contributed by atoms with Gasteiger partial charge in [0.25, 0.3) is 0 Å². The van der Waals surface area contributed by atoms with Gasteiger partial charge in [0.1, 0.15) is 0 Å². The fourth-order valence-corrected chi connectivity index (χ4v) is 4.97. The monoisotopic (exact) mass is 432 g/mol. The molecule has 2 saturated heterocycles. The SMILES string of the molecule is Cc1ccc(C)c(Cn2c(N3CCC(C(=O)N4CCOCC4)CC3)nc3ccccc32)c1. The maximum atomic E-state index is 12.9. The van der Waals surface area contributed by atoms with Gasteiger partial charge >= 0.3 is 0 Å². The first-order valence-corrected chi connectivity index (χ1v) is 11.7. The van der Waals surface area contributed by atoms with E-state index in [0.717, 1.165) is 62.5 Å². The van der Waals surface area contributed by atoms with Crippen molar-refractivity contribution in [3.63, 3.8) is 0 Å². The second kappa shape index (κ2) is 8.94. The first-order chi connectivity index (χ1) is 15.6. The van der Waals surface area contributed by atoms with Crippen LogP contribution in [0.5, 0.6) is 0 Å². The van der Waals surface area contributed by atoms with E-state index in [-0.39, 0.29) is 5.92 Å². The standard InChI is InChI=1S/C26H32N4O2/c1-19-7-8-20(2)22(17-19)18-30-24-6-4-3-5-23(24)27-26(30)29-11-9-21(10-12-29)25(31)28-13-15-32-16-14-28/h3-8,17,21H,9-16,18H2,1-2H3. The number of para-hydroxylation sites is 2. The summed E-state index contributed by atoms with van der Waals surface area (Å²) in [6, 6.07) is 15.0. The van der Waals surface area contributed by atoms with Crippen LogP contribution in [0.2, 0.25) is 0 Å². The van der Waals surface area contributed by atoms with Crippen LogP contribution in [-0.4, -0.2) is 59.8 Å². The Morgan fingerprint density at radius 2 is 1.78 bits per heavy atom. The van der Waals surface area contributed by atoms with E-state index in [1.165, 1.54) is 16.7 Å². The molecule has 0 atom stereocenters. The summed E-state index contributed by atoms with van der Waals surface area (Å²) in [7, 11) is 0. The maximum Gasteiger partial charge on any atom is 0.225 e. The van der Waals surface area contributed by atoms with Gasteiger partial charge < -0.3 is 19.1 Å². The van der Waals surface area contributed by atoms with Crippen molar-refractivity contribution in [3.05, 3.63) is 59.2 Å². The molecule has 2 aliphatic heterocycles. The highest BCUT2D eigenvalue weighted by atomic mass is 16.5. The number of morpholine rings is 1. The third kappa shape index (κ3) is 4.11. The lowest BCUT2D eigenvalue weighted by molar-refractivity contribution is -0.140. The zero-order chi connectivity index (χ0) is 22.1. The summed E-state index contributed by atoms with van der Waals surface area (Å²) in [6.45, 7) is 9.61. The van der Waals surface area contributed by atoms with Crippen LogP contribution in [0.15, 0.2) is 42.5 Å². The number of imidazole rings is 1. The van der Waals surface area contributed by atoms with Gasteiger partial charge in [-0.2, -0.15) is 0 Å². The van der Waals surface area contributed by atoms with E-state index in [1.807, 2.05) is 4.90 Å². The lowest BCUT2D eigenvalue weighted by Gasteiger charge is -2.36. The van der Waals surface area contributed by atoms with E-state index < -0.39 is 0 Å². The maximum absolute atomic E-state index is 12.9. The lowest BCUT2D eigenvalue weighted by atomic mass is 9.95. The fraction of sp³-hybridized carbons (Fsp3) is 0.462. The molecule has 6 heteroatoms. The third-order valence-electron chi connectivity index (χ3n) is 6.92. The van der Waals surface area contributed by atoms with Crippen molar-refractivity contribution in [2.24, 2.45) is 5.92 Å². The molecule has 0 unspecified atom stereocenters. The number of anilines is 1. The second-order valence-corrected chi connectivity index (χ2v) is 9.12. The van der Waals surface area contributed by atoms with Crippen LogP contribution in [0.1, 0.15) is 29.5 Å². The first kappa shape index (κ1) is 21.0. The van der Waals surface area contributed by atoms with Gasteiger partial charge in [-0.1, -0.05) is 35.9 Å². The normalized spacial score (nSPS) is 17.8. The molecular formula is C26H32N4O2. The van der Waals surface area contributed by atoms with Crippen molar-refractivity contribution < 1.29 is 9.53 Å². The molecule has 2 aromatic carbocycles. The summed E-state index contributed by atoms with van der Waals surface area (Å²) in [5.41, 5.74) is 6.09. The molecule has 0 N–H and O–H groups in total. The highest BCUT2D eigenvalue weighted by Gasteiger charge is 2.31. The van der Waals surface area contributed by atoms with Crippen LogP contribution in [0, 0.1) is 19.8 Å². The molecule has 6 nitrogen and oxygen atoms in total. The minimum Gasteiger partial charge on any atom is -0.378 e. The molecule has 0 spiro atoms. The van der Waals surface area contributed by atoms with E-state index >= 15 is 0 Å². The Bertz CT molecular complexity index is 1110. The van der Waals surface area contributed by atoms with Crippen LogP contribution in [-0.2, 0) is 16.1 Å². The van der Waals surface area contributed by atoms with Crippen molar-refractivity contribution in [3.8, 4) is 0 Å². The number of rotatable bonds is 4. The number of fused-ring (bicyclic) bond motifs is 1. The topological polar surface area (TPSA) is 50.6 Å². The summed E-state index contributed by atoms with van der Waals surface area (Å²) in [4.78, 5) is 22.3. The first-order valence-electron chi connectivity index (χ1n) is 11.7. The molecule has 0 radical (unpaired) electrons. The van der Waals surface area contributed by atoms with Gasteiger partial charge in [-0.25, -0.2) is 4.98 Å². The van der Waals surface area contributed by atoms with E-state index in [4.69, 9.17) is 9.72 Å². The number of piperidine rings is 1. The Labute approximate surface area is 189 Å². The smallest absolute Gasteiger partial charge is 0.225 e. The molecule has 3 heterocycles. The average molecular weight is 433 g/mol. The van der Waals surface area contributed by atoms with Crippen molar-refractivity contribution in [1.29, 1.82) is 0 Å². The van der Waals surface area contributed by atoms with Crippen LogP contribution in [0.4, 0.5) is 5.95 Å². The molecule has 1 amide bonds. The van der Waals surface area contributed by atoms with Crippen LogP contribution in [0.25, 0.3) is 11.0 Å². The number of hydrogen-bond donors (Lipinski definition) is 0. The Morgan fingerprint density at radius 1 is 1.03 bits per heavy atom. The molecule has 1 aromatic heterocycles. The van der Waals surface area contributed by atoms with Crippen LogP contribution < -0.4 is 4.90 Å². The molecule has 5 rings (SSSR count). The van der Waals surface area contributed by atoms with Crippen LogP contribution >= 0.6 is 0 Å². The summed E-state index contributed by atoms with van der Waals surface area (Å²) in [5, 5.41) is 0. The number of ether oxygens (including phenoxy) is 1. The summed E-state index contributed by atoms with van der Waals surface area (Å²) < 4.78 is 7.75. The number of benzene rings is 2. The molecule has 32 heavy (non-hydrogen) atoms. The van der Waals surface area contributed by atoms with Crippen molar-refractivity contribution in [1.82, 2.24) is 14.5 Å². The predicted octanol–water partition coefficient (Wildman–Crippen LogP) is 3.78. The minimum atomic E-state index is 0.112. The molecule has 168 valence electrons.